The molecule has 0 bridgehead atoms. The number of hydrogen-bond donors (Lipinski definition) is 1. The van der Waals surface area contributed by atoms with Gasteiger partial charge in [0.2, 0.25) is 0 Å². The van der Waals surface area contributed by atoms with Gasteiger partial charge < -0.3 is 15.2 Å². The summed E-state index contributed by atoms with van der Waals surface area (Å²) in [5.74, 6) is 0.198. The molecular formula is C13H14N2O3. The van der Waals surface area contributed by atoms with Crippen LogP contribution >= 0.6 is 0 Å². The number of nitrogens with two attached hydrogens (primary N) is 1. The monoisotopic (exact) mass is 246 g/mol. The maximum atomic E-state index is 11.7. The molecule has 0 saturated heterocycles. The number of carbonyl (C=O) groups excluding carboxylic acids is 1. The maximum Gasteiger partial charge on any atom is 0.341 e. The van der Waals surface area contributed by atoms with Crippen molar-refractivity contribution in [3.05, 3.63) is 30.0 Å². The van der Waals surface area contributed by atoms with Crippen molar-refractivity contribution in [1.29, 1.82) is 0 Å². The third-order valence-corrected chi connectivity index (χ3v) is 2.61. The highest BCUT2D eigenvalue weighted by Crippen LogP contribution is 2.27. The molecule has 0 saturated carbocycles. The summed E-state index contributed by atoms with van der Waals surface area (Å²) < 4.78 is 10.0. The van der Waals surface area contributed by atoms with E-state index < -0.39 is 5.97 Å². The Morgan fingerprint density at radius 2 is 2.22 bits per heavy atom. The normalized spacial score (nSPS) is 10.3. The number of fused-ring (bicyclic) bond motifs is 1. The van der Waals surface area contributed by atoms with Crippen LogP contribution in [0.3, 0.4) is 0 Å². The van der Waals surface area contributed by atoms with Crippen LogP contribution in [0.1, 0.15) is 17.3 Å². The minimum Gasteiger partial charge on any atom is -0.497 e. The van der Waals surface area contributed by atoms with E-state index in [1.54, 1.807) is 32.2 Å². The number of benzene rings is 1. The van der Waals surface area contributed by atoms with Gasteiger partial charge in [-0.15, -0.1) is 0 Å². The van der Waals surface area contributed by atoms with E-state index in [9.17, 15) is 4.79 Å². The maximum absolute atomic E-state index is 11.7. The number of ether oxygens (including phenoxy) is 2. The second-order valence-electron chi connectivity index (χ2n) is 3.69. The molecule has 18 heavy (non-hydrogen) atoms. The summed E-state index contributed by atoms with van der Waals surface area (Å²) in [6, 6.07) is 5.33. The predicted molar refractivity (Wildman–Crippen MR) is 68.7 cm³/mol. The molecule has 1 heterocycles. The Bertz CT molecular complexity index is 596. The zero-order chi connectivity index (χ0) is 13.1. The zero-order valence-corrected chi connectivity index (χ0v) is 10.3. The van der Waals surface area contributed by atoms with Crippen LogP contribution in [-0.2, 0) is 4.74 Å². The van der Waals surface area contributed by atoms with E-state index in [2.05, 4.69) is 4.98 Å². The number of methoxy groups -OCH3 is 1. The quantitative estimate of drug-likeness (QED) is 0.838. The molecule has 5 nitrogen and oxygen atoms in total. The number of esters is 1. The minimum atomic E-state index is -0.466. The molecule has 0 spiro atoms. The van der Waals surface area contributed by atoms with Crippen molar-refractivity contribution in [3.8, 4) is 5.75 Å². The van der Waals surface area contributed by atoms with Crippen molar-refractivity contribution >= 4 is 22.6 Å². The van der Waals surface area contributed by atoms with Gasteiger partial charge in [-0.05, 0) is 25.1 Å². The van der Waals surface area contributed by atoms with Crippen LogP contribution < -0.4 is 10.5 Å². The van der Waals surface area contributed by atoms with Gasteiger partial charge in [0.15, 0.2) is 0 Å². The van der Waals surface area contributed by atoms with Crippen LogP contribution in [0.2, 0.25) is 0 Å². The number of anilines is 1. The first-order chi connectivity index (χ1) is 8.67. The number of hydrogen-bond acceptors (Lipinski definition) is 5. The van der Waals surface area contributed by atoms with Crippen LogP contribution in [0.15, 0.2) is 24.4 Å². The van der Waals surface area contributed by atoms with Crippen molar-refractivity contribution in [2.75, 3.05) is 19.5 Å². The van der Waals surface area contributed by atoms with E-state index in [4.69, 9.17) is 15.2 Å². The second-order valence-corrected chi connectivity index (χ2v) is 3.69. The minimum absolute atomic E-state index is 0.276. The molecule has 0 atom stereocenters. The fourth-order valence-corrected chi connectivity index (χ4v) is 1.69. The lowest BCUT2D eigenvalue weighted by Gasteiger charge is -2.08. The molecule has 0 aliphatic carbocycles. The Hall–Kier alpha value is -2.30. The standard InChI is InChI=1S/C13H14N2O3/c1-3-18-13(16)10-7-15-11-5-4-8(17-2)6-9(11)12(10)14/h4-7H,3H2,1-2H3,(H2,14,15). The average molecular weight is 246 g/mol. The lowest BCUT2D eigenvalue weighted by Crippen LogP contribution is -2.09. The highest BCUT2D eigenvalue weighted by molar-refractivity contribution is 6.04. The van der Waals surface area contributed by atoms with E-state index in [1.807, 2.05) is 0 Å². The molecular weight excluding hydrogens is 232 g/mol. The number of nitrogens with zero attached hydrogens (tertiary/aromatic N) is 1. The lowest BCUT2D eigenvalue weighted by atomic mass is 10.1. The SMILES string of the molecule is CCOC(=O)c1cnc2ccc(OC)cc2c1N. The first-order valence-corrected chi connectivity index (χ1v) is 5.56. The molecule has 0 amide bonds. The van der Waals surface area contributed by atoms with Gasteiger partial charge in [-0.1, -0.05) is 0 Å². The molecule has 1 aromatic carbocycles. The Labute approximate surface area is 105 Å². The van der Waals surface area contributed by atoms with Gasteiger partial charge >= 0.3 is 5.97 Å². The number of rotatable bonds is 3. The second kappa shape index (κ2) is 4.91. The summed E-state index contributed by atoms with van der Waals surface area (Å²) >= 11 is 0. The molecule has 0 aliphatic heterocycles. The van der Waals surface area contributed by atoms with Gasteiger partial charge in [0.25, 0.3) is 0 Å². The van der Waals surface area contributed by atoms with Gasteiger partial charge in [-0.25, -0.2) is 4.79 Å². The summed E-state index contributed by atoms with van der Waals surface area (Å²) in [4.78, 5) is 15.9. The predicted octanol–water partition coefficient (Wildman–Crippen LogP) is 2.00. The molecule has 94 valence electrons. The summed E-state index contributed by atoms with van der Waals surface area (Å²) in [7, 11) is 1.57. The van der Waals surface area contributed by atoms with Gasteiger partial charge in [0.05, 0.1) is 24.9 Å². The Balaban J connectivity index is 2.58. The van der Waals surface area contributed by atoms with Crippen LogP contribution in [0.4, 0.5) is 5.69 Å². The molecule has 1 aromatic heterocycles. The topological polar surface area (TPSA) is 74.4 Å². The van der Waals surface area contributed by atoms with Crippen LogP contribution in [0.5, 0.6) is 5.75 Å². The lowest BCUT2D eigenvalue weighted by molar-refractivity contribution is 0.0527. The number of pyridine rings is 1. The molecule has 2 rings (SSSR count). The summed E-state index contributed by atoms with van der Waals surface area (Å²) in [5, 5.41) is 0.680. The summed E-state index contributed by atoms with van der Waals surface area (Å²) in [6.45, 7) is 2.04. The molecule has 0 unspecified atom stereocenters. The van der Waals surface area contributed by atoms with E-state index in [-0.39, 0.29) is 5.56 Å². The summed E-state index contributed by atoms with van der Waals surface area (Å²) in [5.41, 5.74) is 7.32. The van der Waals surface area contributed by atoms with Crippen molar-refractivity contribution < 1.29 is 14.3 Å². The Morgan fingerprint density at radius 1 is 1.44 bits per heavy atom. The highest BCUT2D eigenvalue weighted by atomic mass is 16.5. The van der Waals surface area contributed by atoms with Crippen molar-refractivity contribution in [2.24, 2.45) is 0 Å². The molecule has 5 heteroatoms. The highest BCUT2D eigenvalue weighted by Gasteiger charge is 2.14. The molecule has 2 N–H and O–H groups in total. The van der Waals surface area contributed by atoms with E-state index >= 15 is 0 Å². The van der Waals surface area contributed by atoms with Gasteiger partial charge in [-0.3, -0.25) is 4.98 Å². The van der Waals surface area contributed by atoms with Gasteiger partial charge in [0.1, 0.15) is 11.3 Å². The number of nitrogen functional groups attached to an aromatic ring is 1. The van der Waals surface area contributed by atoms with Crippen LogP contribution in [-0.4, -0.2) is 24.7 Å². The number of aromatic nitrogens is 1. The van der Waals surface area contributed by atoms with Crippen molar-refractivity contribution in [1.82, 2.24) is 4.98 Å². The zero-order valence-electron chi connectivity index (χ0n) is 10.3. The van der Waals surface area contributed by atoms with Gasteiger partial charge in [0, 0.05) is 11.6 Å². The van der Waals surface area contributed by atoms with Gasteiger partial charge in [-0.2, -0.15) is 0 Å². The third kappa shape index (κ3) is 2.07. The molecule has 2 aromatic rings. The fraction of sp³-hybridized carbons (Fsp3) is 0.231. The van der Waals surface area contributed by atoms with E-state index in [0.717, 1.165) is 0 Å². The largest absolute Gasteiger partial charge is 0.497 e. The first kappa shape index (κ1) is 12.2. The Morgan fingerprint density at radius 3 is 2.89 bits per heavy atom. The average Bonchev–Trinajstić information content (AvgIpc) is 2.39. The van der Waals surface area contributed by atoms with E-state index in [1.165, 1.54) is 6.20 Å². The van der Waals surface area contributed by atoms with Crippen molar-refractivity contribution in [2.45, 2.75) is 6.92 Å². The third-order valence-electron chi connectivity index (χ3n) is 2.61. The molecule has 0 fully saturated rings. The van der Waals surface area contributed by atoms with Crippen molar-refractivity contribution in [3.63, 3.8) is 0 Å². The fourth-order valence-electron chi connectivity index (χ4n) is 1.69. The Kier molecular flexibility index (Phi) is 3.32. The molecule has 0 aliphatic rings. The van der Waals surface area contributed by atoms with E-state index in [0.29, 0.717) is 28.9 Å². The summed E-state index contributed by atoms with van der Waals surface area (Å²) in [6.07, 6.45) is 1.43. The first-order valence-electron chi connectivity index (χ1n) is 5.56. The number of carbonyl (C=O) groups is 1. The smallest absolute Gasteiger partial charge is 0.341 e. The van der Waals surface area contributed by atoms with Crippen LogP contribution in [0.25, 0.3) is 10.9 Å². The molecule has 0 radical (unpaired) electrons. The van der Waals surface area contributed by atoms with Crippen LogP contribution in [0, 0.1) is 0 Å².